The third kappa shape index (κ3) is 3.72. The van der Waals surface area contributed by atoms with E-state index in [1.165, 1.54) is 6.42 Å². The van der Waals surface area contributed by atoms with Gasteiger partial charge in [-0.15, -0.1) is 0 Å². The van der Waals surface area contributed by atoms with Crippen LogP contribution in [0.1, 0.15) is 26.2 Å². The molecule has 0 unspecified atom stereocenters. The Hall–Kier alpha value is -1.56. The Labute approximate surface area is 120 Å². The largest absolute Gasteiger partial charge is 0.481 e. The molecule has 0 aliphatic carbocycles. The molecule has 1 aromatic rings. The highest BCUT2D eigenvalue weighted by Gasteiger charge is 2.21. The lowest BCUT2D eigenvalue weighted by atomic mass is 10.1. The van der Waals surface area contributed by atoms with Crippen molar-refractivity contribution in [2.45, 2.75) is 32.2 Å². The Bertz CT molecular complexity index is 397. The number of hydrogen-bond acceptors (Lipinski definition) is 6. The van der Waals surface area contributed by atoms with E-state index in [0.717, 1.165) is 32.5 Å². The van der Waals surface area contributed by atoms with E-state index in [2.05, 4.69) is 27.1 Å². The van der Waals surface area contributed by atoms with Crippen molar-refractivity contribution < 1.29 is 9.47 Å². The molecule has 0 radical (unpaired) electrons. The van der Waals surface area contributed by atoms with Crippen molar-refractivity contribution in [3.63, 3.8) is 0 Å². The standard InChI is InChI=1S/C14H24N4O2/c1-4-7-15-11-5-8-18(9-6-11)14-16-12(19-2)10-13(17-14)20-3/h10-11,15H,4-9H2,1-3H3. The highest BCUT2D eigenvalue weighted by Crippen LogP contribution is 2.22. The SMILES string of the molecule is CCCNC1CCN(c2nc(OC)cc(OC)n2)CC1. The third-order valence-electron chi connectivity index (χ3n) is 3.55. The molecule has 2 heterocycles. The normalized spacial score (nSPS) is 16.2. The number of anilines is 1. The van der Waals surface area contributed by atoms with Crippen LogP contribution in [0.4, 0.5) is 5.95 Å². The van der Waals surface area contributed by atoms with Crippen LogP contribution >= 0.6 is 0 Å². The molecule has 1 aliphatic heterocycles. The maximum atomic E-state index is 5.19. The number of hydrogen-bond donors (Lipinski definition) is 1. The number of methoxy groups -OCH3 is 2. The van der Waals surface area contributed by atoms with Gasteiger partial charge in [0.15, 0.2) is 0 Å². The van der Waals surface area contributed by atoms with Gasteiger partial charge in [-0.2, -0.15) is 9.97 Å². The van der Waals surface area contributed by atoms with Crippen LogP contribution in [0.15, 0.2) is 6.07 Å². The fraction of sp³-hybridized carbons (Fsp3) is 0.714. The predicted molar refractivity (Wildman–Crippen MR) is 78.7 cm³/mol. The second-order valence-electron chi connectivity index (χ2n) is 4.97. The van der Waals surface area contributed by atoms with Gasteiger partial charge in [0, 0.05) is 19.1 Å². The first-order valence-electron chi connectivity index (χ1n) is 7.22. The number of aromatic nitrogens is 2. The van der Waals surface area contributed by atoms with Crippen molar-refractivity contribution in [3.05, 3.63) is 6.07 Å². The number of nitrogens with zero attached hydrogens (tertiary/aromatic N) is 3. The molecule has 0 saturated carbocycles. The zero-order valence-corrected chi connectivity index (χ0v) is 12.6. The van der Waals surface area contributed by atoms with E-state index in [0.29, 0.717) is 23.8 Å². The molecule has 0 bridgehead atoms. The quantitative estimate of drug-likeness (QED) is 0.851. The molecule has 1 fully saturated rings. The molecule has 2 rings (SSSR count). The van der Waals surface area contributed by atoms with Gasteiger partial charge in [0.2, 0.25) is 17.7 Å². The Kier molecular flexibility index (Phi) is 5.40. The molecule has 0 aromatic carbocycles. The summed E-state index contributed by atoms with van der Waals surface area (Å²) in [5.41, 5.74) is 0. The minimum atomic E-state index is 0.540. The monoisotopic (exact) mass is 280 g/mol. The minimum absolute atomic E-state index is 0.540. The average molecular weight is 280 g/mol. The predicted octanol–water partition coefficient (Wildman–Crippen LogP) is 1.46. The van der Waals surface area contributed by atoms with Crippen LogP contribution in [0.3, 0.4) is 0 Å². The van der Waals surface area contributed by atoms with Crippen molar-refractivity contribution >= 4 is 5.95 Å². The molecule has 0 amide bonds. The molecule has 6 nitrogen and oxygen atoms in total. The summed E-state index contributed by atoms with van der Waals surface area (Å²) in [6.07, 6.45) is 3.40. The van der Waals surface area contributed by atoms with E-state index >= 15 is 0 Å². The summed E-state index contributed by atoms with van der Waals surface area (Å²) in [5.74, 6) is 1.77. The first-order chi connectivity index (χ1) is 9.76. The molecular formula is C14H24N4O2. The van der Waals surface area contributed by atoms with Crippen LogP contribution in [-0.4, -0.2) is 49.9 Å². The Morgan fingerprint density at radius 2 is 1.80 bits per heavy atom. The summed E-state index contributed by atoms with van der Waals surface area (Å²) in [4.78, 5) is 11.0. The zero-order valence-electron chi connectivity index (χ0n) is 12.6. The number of rotatable bonds is 6. The first kappa shape index (κ1) is 14.8. The lowest BCUT2D eigenvalue weighted by Crippen LogP contribution is -2.43. The van der Waals surface area contributed by atoms with E-state index in [9.17, 15) is 0 Å². The van der Waals surface area contributed by atoms with Crippen LogP contribution < -0.4 is 19.7 Å². The third-order valence-corrected chi connectivity index (χ3v) is 3.55. The number of ether oxygens (including phenoxy) is 2. The van der Waals surface area contributed by atoms with Crippen molar-refractivity contribution in [1.82, 2.24) is 15.3 Å². The van der Waals surface area contributed by atoms with Crippen LogP contribution in [-0.2, 0) is 0 Å². The maximum absolute atomic E-state index is 5.19. The van der Waals surface area contributed by atoms with Gasteiger partial charge in [0.05, 0.1) is 20.3 Å². The van der Waals surface area contributed by atoms with Crippen molar-refractivity contribution in [2.75, 3.05) is 38.8 Å². The first-order valence-corrected chi connectivity index (χ1v) is 7.22. The molecule has 6 heteroatoms. The van der Waals surface area contributed by atoms with Gasteiger partial charge < -0.3 is 19.7 Å². The average Bonchev–Trinajstić information content (AvgIpc) is 2.52. The molecule has 112 valence electrons. The van der Waals surface area contributed by atoms with E-state index in [1.54, 1.807) is 20.3 Å². The van der Waals surface area contributed by atoms with Crippen molar-refractivity contribution in [2.24, 2.45) is 0 Å². The molecule has 1 aliphatic rings. The van der Waals surface area contributed by atoms with Crippen LogP contribution in [0, 0.1) is 0 Å². The molecule has 1 aromatic heterocycles. The van der Waals surface area contributed by atoms with Crippen LogP contribution in [0.25, 0.3) is 0 Å². The molecule has 1 N–H and O–H groups in total. The van der Waals surface area contributed by atoms with Crippen LogP contribution in [0.2, 0.25) is 0 Å². The Morgan fingerprint density at radius 3 is 2.30 bits per heavy atom. The van der Waals surface area contributed by atoms with Crippen LogP contribution in [0.5, 0.6) is 11.8 Å². The van der Waals surface area contributed by atoms with Gasteiger partial charge >= 0.3 is 0 Å². The highest BCUT2D eigenvalue weighted by molar-refractivity contribution is 5.37. The summed E-state index contributed by atoms with van der Waals surface area (Å²) >= 11 is 0. The van der Waals surface area contributed by atoms with Gasteiger partial charge in [-0.3, -0.25) is 0 Å². The van der Waals surface area contributed by atoms with Gasteiger partial charge in [-0.1, -0.05) is 6.92 Å². The topological polar surface area (TPSA) is 59.5 Å². The molecule has 1 saturated heterocycles. The second-order valence-corrected chi connectivity index (χ2v) is 4.97. The van der Waals surface area contributed by atoms with Gasteiger partial charge in [0.25, 0.3) is 0 Å². The van der Waals surface area contributed by atoms with Gasteiger partial charge in [-0.25, -0.2) is 0 Å². The fourth-order valence-electron chi connectivity index (χ4n) is 2.37. The summed E-state index contributed by atoms with van der Waals surface area (Å²) < 4.78 is 10.4. The van der Waals surface area contributed by atoms with Crippen molar-refractivity contribution in [3.8, 4) is 11.8 Å². The number of piperidine rings is 1. The molecular weight excluding hydrogens is 256 g/mol. The number of nitrogens with one attached hydrogen (secondary N) is 1. The highest BCUT2D eigenvalue weighted by atomic mass is 16.5. The lowest BCUT2D eigenvalue weighted by Gasteiger charge is -2.32. The summed E-state index contributed by atoms with van der Waals surface area (Å²) in [7, 11) is 3.21. The molecule has 20 heavy (non-hydrogen) atoms. The summed E-state index contributed by atoms with van der Waals surface area (Å²) in [5, 5.41) is 3.57. The molecule has 0 spiro atoms. The fourth-order valence-corrected chi connectivity index (χ4v) is 2.37. The van der Waals surface area contributed by atoms with E-state index in [4.69, 9.17) is 9.47 Å². The van der Waals surface area contributed by atoms with Crippen molar-refractivity contribution in [1.29, 1.82) is 0 Å². The van der Waals surface area contributed by atoms with Gasteiger partial charge in [-0.05, 0) is 25.8 Å². The van der Waals surface area contributed by atoms with E-state index < -0.39 is 0 Å². The Morgan fingerprint density at radius 1 is 1.20 bits per heavy atom. The van der Waals surface area contributed by atoms with E-state index in [1.807, 2.05) is 0 Å². The van der Waals surface area contributed by atoms with Gasteiger partial charge in [0.1, 0.15) is 0 Å². The smallest absolute Gasteiger partial charge is 0.231 e. The zero-order chi connectivity index (χ0) is 14.4. The summed E-state index contributed by atoms with van der Waals surface area (Å²) in [6.45, 7) is 5.20. The summed E-state index contributed by atoms with van der Waals surface area (Å²) in [6, 6.07) is 2.30. The second kappa shape index (κ2) is 7.28. The maximum Gasteiger partial charge on any atom is 0.231 e. The van der Waals surface area contributed by atoms with E-state index in [-0.39, 0.29) is 0 Å². The lowest BCUT2D eigenvalue weighted by molar-refractivity contribution is 0.368. The Balaban J connectivity index is 1.99. The minimum Gasteiger partial charge on any atom is -0.481 e. The molecule has 0 atom stereocenters.